The number of Topliss-reactive ketones (excluding diaryl/α,β-unsaturated/α-hetero) is 3. The summed E-state index contributed by atoms with van der Waals surface area (Å²) in [5.41, 5.74) is 2.77. The van der Waals surface area contributed by atoms with E-state index in [9.17, 15) is 27.9 Å². The lowest BCUT2D eigenvalue weighted by atomic mass is 9.89. The first kappa shape index (κ1) is 37.8. The van der Waals surface area contributed by atoms with Gasteiger partial charge in [0.25, 0.3) is 0 Å². The molecule has 3 aromatic rings. The molecule has 0 aliphatic carbocycles. The van der Waals surface area contributed by atoms with Gasteiger partial charge in [-0.1, -0.05) is 81.4 Å². The van der Waals surface area contributed by atoms with Crippen LogP contribution < -0.4 is 9.62 Å². The molecule has 0 radical (unpaired) electrons. The van der Waals surface area contributed by atoms with Crippen LogP contribution in [-0.4, -0.2) is 62.9 Å². The maximum absolute atomic E-state index is 14.0. The van der Waals surface area contributed by atoms with Crippen molar-refractivity contribution < 1.29 is 27.9 Å². The van der Waals surface area contributed by atoms with Crippen molar-refractivity contribution in [2.45, 2.75) is 77.9 Å². The maximum atomic E-state index is 14.0. The number of nitrogens with one attached hydrogen (secondary N) is 1. The van der Waals surface area contributed by atoms with Crippen molar-refractivity contribution in [2.24, 2.45) is 11.8 Å². The van der Waals surface area contributed by atoms with Gasteiger partial charge in [-0.25, -0.2) is 8.42 Å². The Kier molecular flexibility index (Phi) is 14.1. The van der Waals surface area contributed by atoms with Crippen molar-refractivity contribution in [3.8, 4) is 0 Å². The molecular weight excluding hydrogens is 612 g/mol. The number of benzene rings is 3. The van der Waals surface area contributed by atoms with Crippen LogP contribution in [0.5, 0.6) is 0 Å². The van der Waals surface area contributed by atoms with Gasteiger partial charge in [0, 0.05) is 37.4 Å². The number of hydrogen-bond acceptors (Lipinski definition) is 7. The number of carbonyl (C=O) groups is 3. The minimum atomic E-state index is -3.67. The Labute approximate surface area is 280 Å². The number of ketones is 3. The monoisotopic (exact) mass is 662 g/mol. The standard InChI is InChI=1S/C38H50N2O6S/c1-26(2)17-18-35(42)38(28(4)41)39-25-30(20-29-13-9-7-10-14-29)21-37(44)33-22-32(23-34(24-33)40(5)47(6,45)46)36(43)19-27(3)31-15-11-8-12-16-31/h7-16,22-24,26-28,30,38-39,41H,17-21,25H2,1-6H3/t27-,28-,30+,38-/m0/s1. The summed E-state index contributed by atoms with van der Waals surface area (Å²) in [7, 11) is -2.27. The molecule has 0 aromatic heterocycles. The number of anilines is 1. The Morgan fingerprint density at radius 2 is 1.38 bits per heavy atom. The molecule has 3 rings (SSSR count). The van der Waals surface area contributed by atoms with E-state index >= 15 is 0 Å². The van der Waals surface area contributed by atoms with Crippen LogP contribution in [0, 0.1) is 11.8 Å². The fourth-order valence-electron chi connectivity index (χ4n) is 5.58. The lowest BCUT2D eigenvalue weighted by Crippen LogP contribution is -2.47. The summed E-state index contributed by atoms with van der Waals surface area (Å²) in [5.74, 6) is -0.485. The second-order valence-electron chi connectivity index (χ2n) is 13.1. The summed E-state index contributed by atoms with van der Waals surface area (Å²) in [6.45, 7) is 7.94. The Bertz CT molecular complexity index is 1590. The summed E-state index contributed by atoms with van der Waals surface area (Å²) in [6, 6.07) is 23.2. The zero-order chi connectivity index (χ0) is 34.7. The fourth-order valence-corrected chi connectivity index (χ4v) is 6.07. The van der Waals surface area contributed by atoms with Crippen molar-refractivity contribution in [1.29, 1.82) is 0 Å². The Balaban J connectivity index is 1.91. The molecule has 0 bridgehead atoms. The number of aliphatic hydroxyl groups excluding tert-OH is 1. The molecule has 0 unspecified atom stereocenters. The summed E-state index contributed by atoms with van der Waals surface area (Å²) < 4.78 is 26.0. The minimum absolute atomic E-state index is 0.0668. The van der Waals surface area contributed by atoms with Crippen molar-refractivity contribution in [1.82, 2.24) is 5.32 Å². The lowest BCUT2D eigenvalue weighted by molar-refractivity contribution is -0.123. The van der Waals surface area contributed by atoms with E-state index in [4.69, 9.17) is 0 Å². The highest BCUT2D eigenvalue weighted by Gasteiger charge is 2.26. The lowest BCUT2D eigenvalue weighted by Gasteiger charge is -2.25. The average molecular weight is 663 g/mol. The largest absolute Gasteiger partial charge is 0.391 e. The third-order valence-electron chi connectivity index (χ3n) is 8.55. The highest BCUT2D eigenvalue weighted by Crippen LogP contribution is 2.27. The SMILES string of the molecule is CC(C)CCC(=O)[C@@H](NC[C@@H](CC(=O)c1cc(C(=O)C[C@H](C)c2ccccc2)cc(N(C)S(C)(=O)=O)c1)Cc1ccccc1)[C@H](C)O. The van der Waals surface area contributed by atoms with Crippen LogP contribution in [0.4, 0.5) is 5.69 Å². The highest BCUT2D eigenvalue weighted by molar-refractivity contribution is 7.92. The number of rotatable bonds is 19. The molecule has 0 amide bonds. The molecule has 0 spiro atoms. The van der Waals surface area contributed by atoms with Crippen LogP contribution in [0.3, 0.4) is 0 Å². The molecule has 0 aliphatic heterocycles. The van der Waals surface area contributed by atoms with Gasteiger partial charge in [0.2, 0.25) is 10.0 Å². The molecule has 0 heterocycles. The third kappa shape index (κ3) is 11.8. The topological polar surface area (TPSA) is 121 Å². The maximum Gasteiger partial charge on any atom is 0.231 e. The Morgan fingerprint density at radius 3 is 1.91 bits per heavy atom. The van der Waals surface area contributed by atoms with Gasteiger partial charge in [0.1, 0.15) is 0 Å². The van der Waals surface area contributed by atoms with Crippen LogP contribution >= 0.6 is 0 Å². The molecule has 3 aromatic carbocycles. The Morgan fingerprint density at radius 1 is 0.830 bits per heavy atom. The molecule has 8 nitrogen and oxygen atoms in total. The smallest absolute Gasteiger partial charge is 0.231 e. The van der Waals surface area contributed by atoms with E-state index in [-0.39, 0.29) is 58.8 Å². The van der Waals surface area contributed by atoms with Gasteiger partial charge >= 0.3 is 0 Å². The molecule has 0 saturated heterocycles. The van der Waals surface area contributed by atoms with Crippen molar-refractivity contribution in [3.05, 3.63) is 101 Å². The first-order chi connectivity index (χ1) is 22.1. The summed E-state index contributed by atoms with van der Waals surface area (Å²) in [4.78, 5) is 40.5. The molecular formula is C38H50N2O6S. The van der Waals surface area contributed by atoms with Gasteiger partial charge < -0.3 is 10.4 Å². The van der Waals surface area contributed by atoms with Crippen LogP contribution in [0.2, 0.25) is 0 Å². The average Bonchev–Trinajstić information content (AvgIpc) is 3.03. The van der Waals surface area contributed by atoms with Gasteiger partial charge in [0.15, 0.2) is 17.3 Å². The summed E-state index contributed by atoms with van der Waals surface area (Å²) >= 11 is 0. The van der Waals surface area contributed by atoms with E-state index in [1.165, 1.54) is 19.2 Å². The van der Waals surface area contributed by atoms with Crippen molar-refractivity contribution >= 4 is 33.1 Å². The zero-order valence-corrected chi connectivity index (χ0v) is 29.3. The number of aliphatic hydroxyl groups is 1. The summed E-state index contributed by atoms with van der Waals surface area (Å²) in [5, 5.41) is 13.7. The second-order valence-corrected chi connectivity index (χ2v) is 15.2. The molecule has 0 saturated carbocycles. The van der Waals surface area contributed by atoms with Crippen LogP contribution in [-0.2, 0) is 21.2 Å². The number of nitrogens with zero attached hydrogens (tertiary/aromatic N) is 1. The van der Waals surface area contributed by atoms with Gasteiger partial charge in [-0.15, -0.1) is 0 Å². The summed E-state index contributed by atoms with van der Waals surface area (Å²) in [6.07, 6.45) is 2.04. The van der Waals surface area contributed by atoms with Crippen LogP contribution in [0.25, 0.3) is 0 Å². The fraction of sp³-hybridized carbons (Fsp3) is 0.447. The molecule has 0 aliphatic rings. The van der Waals surface area contributed by atoms with Gasteiger partial charge in [-0.3, -0.25) is 18.7 Å². The normalized spacial score (nSPS) is 14.3. The Hall–Kier alpha value is -3.66. The molecule has 254 valence electrons. The first-order valence-corrected chi connectivity index (χ1v) is 18.2. The predicted octanol–water partition coefficient (Wildman–Crippen LogP) is 6.23. The first-order valence-electron chi connectivity index (χ1n) is 16.3. The zero-order valence-electron chi connectivity index (χ0n) is 28.5. The molecule has 9 heteroatoms. The molecule has 2 N–H and O–H groups in total. The van der Waals surface area contributed by atoms with Crippen molar-refractivity contribution in [3.63, 3.8) is 0 Å². The van der Waals surface area contributed by atoms with Crippen molar-refractivity contribution in [2.75, 3.05) is 24.2 Å². The van der Waals surface area contributed by atoms with Crippen LogP contribution in [0.1, 0.15) is 91.1 Å². The van der Waals surface area contributed by atoms with E-state index in [1.54, 1.807) is 13.0 Å². The van der Waals surface area contributed by atoms with Gasteiger partial charge in [0.05, 0.1) is 24.1 Å². The highest BCUT2D eigenvalue weighted by atomic mass is 32.2. The van der Waals surface area contributed by atoms with E-state index in [1.807, 2.05) is 81.4 Å². The quantitative estimate of drug-likeness (QED) is 0.146. The number of hydrogen-bond donors (Lipinski definition) is 2. The number of carbonyl (C=O) groups excluding carboxylic acids is 3. The number of sulfonamides is 1. The predicted molar refractivity (Wildman–Crippen MR) is 189 cm³/mol. The van der Waals surface area contributed by atoms with E-state index < -0.39 is 22.2 Å². The molecule has 0 fully saturated rings. The van der Waals surface area contributed by atoms with Gasteiger partial charge in [-0.2, -0.15) is 0 Å². The molecule has 4 atom stereocenters. The molecule has 47 heavy (non-hydrogen) atoms. The van der Waals surface area contributed by atoms with E-state index in [0.717, 1.165) is 28.1 Å². The van der Waals surface area contributed by atoms with Gasteiger partial charge in [-0.05, 0) is 73.4 Å². The second kappa shape index (κ2) is 17.5. The minimum Gasteiger partial charge on any atom is -0.391 e. The van der Waals surface area contributed by atoms with E-state index in [0.29, 0.717) is 25.3 Å². The van der Waals surface area contributed by atoms with E-state index in [2.05, 4.69) is 5.32 Å². The third-order valence-corrected chi connectivity index (χ3v) is 9.75. The van der Waals surface area contributed by atoms with Crippen LogP contribution in [0.15, 0.2) is 78.9 Å².